The minimum Gasteiger partial charge on any atom is -0.465 e. The maximum Gasteiger partial charge on any atom is 0.255 e. The molecule has 3 aliphatic heterocycles. The predicted molar refractivity (Wildman–Crippen MR) is 115 cm³/mol. The van der Waals surface area contributed by atoms with Crippen molar-refractivity contribution in [3.05, 3.63) is 63.5 Å². The van der Waals surface area contributed by atoms with E-state index in [9.17, 15) is 4.79 Å². The predicted octanol–water partition coefficient (Wildman–Crippen LogP) is 3.56. The van der Waals surface area contributed by atoms with Gasteiger partial charge in [-0.2, -0.15) is 0 Å². The van der Waals surface area contributed by atoms with Crippen molar-refractivity contribution >= 4 is 6.08 Å². The van der Waals surface area contributed by atoms with Gasteiger partial charge in [0.05, 0.1) is 6.26 Å². The quantitative estimate of drug-likeness (QED) is 0.779. The molecule has 2 aromatic rings. The minimum absolute atomic E-state index is 0.256. The fraction of sp³-hybridized carbons (Fsp3) is 0.542. The molecule has 29 heavy (non-hydrogen) atoms. The van der Waals surface area contributed by atoms with Gasteiger partial charge in [-0.3, -0.25) is 14.6 Å². The third-order valence-electron chi connectivity index (χ3n) is 6.76. The summed E-state index contributed by atoms with van der Waals surface area (Å²) in [5.74, 6) is 1.95. The van der Waals surface area contributed by atoms with Crippen LogP contribution in [0.3, 0.4) is 0 Å². The molecular formula is C24H31N3O2. The van der Waals surface area contributed by atoms with Gasteiger partial charge >= 0.3 is 0 Å². The molecule has 0 aliphatic carbocycles. The fourth-order valence-corrected chi connectivity index (χ4v) is 5.54. The first-order valence-electron chi connectivity index (χ1n) is 11.0. The third-order valence-corrected chi connectivity index (χ3v) is 6.76. The molecule has 0 radical (unpaired) electrons. The summed E-state index contributed by atoms with van der Waals surface area (Å²) in [7, 11) is 0. The van der Waals surface area contributed by atoms with Crippen molar-refractivity contribution < 1.29 is 4.42 Å². The van der Waals surface area contributed by atoms with Crippen molar-refractivity contribution in [2.45, 2.75) is 45.2 Å². The second kappa shape index (κ2) is 7.96. The second-order valence-corrected chi connectivity index (χ2v) is 9.18. The number of aromatic nitrogens is 1. The minimum atomic E-state index is 0.256. The molecule has 5 heteroatoms. The number of hydrogen-bond acceptors (Lipinski definition) is 4. The Hall–Kier alpha value is -2.11. The van der Waals surface area contributed by atoms with Gasteiger partial charge in [0, 0.05) is 49.9 Å². The topological polar surface area (TPSA) is 41.6 Å². The van der Waals surface area contributed by atoms with Crippen molar-refractivity contribution in [1.29, 1.82) is 0 Å². The number of pyridine rings is 1. The molecule has 0 unspecified atom stereocenters. The molecule has 2 aromatic heterocycles. The average Bonchev–Trinajstić information content (AvgIpc) is 3.38. The summed E-state index contributed by atoms with van der Waals surface area (Å²) >= 11 is 0. The van der Waals surface area contributed by atoms with Crippen LogP contribution in [0.25, 0.3) is 6.08 Å². The number of piperidine rings is 1. The van der Waals surface area contributed by atoms with Crippen LogP contribution in [0.2, 0.25) is 0 Å². The molecule has 2 fully saturated rings. The average molecular weight is 394 g/mol. The Morgan fingerprint density at radius 2 is 2.00 bits per heavy atom. The normalized spacial score (nSPS) is 25.3. The Balaban J connectivity index is 1.31. The molecule has 2 saturated heterocycles. The van der Waals surface area contributed by atoms with Crippen LogP contribution in [0.1, 0.15) is 49.1 Å². The van der Waals surface area contributed by atoms with Crippen LogP contribution < -0.4 is 5.56 Å². The summed E-state index contributed by atoms with van der Waals surface area (Å²) in [5, 5.41) is 0. The van der Waals surface area contributed by atoms with E-state index in [1.54, 1.807) is 6.26 Å². The largest absolute Gasteiger partial charge is 0.465 e. The van der Waals surface area contributed by atoms with Crippen molar-refractivity contribution in [1.82, 2.24) is 14.4 Å². The smallest absolute Gasteiger partial charge is 0.255 e. The highest BCUT2D eigenvalue weighted by Crippen LogP contribution is 2.35. The summed E-state index contributed by atoms with van der Waals surface area (Å²) in [4.78, 5) is 18.1. The highest BCUT2D eigenvalue weighted by molar-refractivity contribution is 5.46. The van der Waals surface area contributed by atoms with Gasteiger partial charge in [0.1, 0.15) is 5.76 Å². The van der Waals surface area contributed by atoms with E-state index in [4.69, 9.17) is 4.42 Å². The molecular weight excluding hydrogens is 362 g/mol. The lowest BCUT2D eigenvalue weighted by Crippen LogP contribution is -2.48. The van der Waals surface area contributed by atoms with Gasteiger partial charge in [0.25, 0.3) is 5.56 Å². The zero-order valence-corrected chi connectivity index (χ0v) is 17.3. The Bertz CT molecular complexity index is 938. The van der Waals surface area contributed by atoms with E-state index in [2.05, 4.69) is 39.5 Å². The van der Waals surface area contributed by atoms with Gasteiger partial charge in [-0.25, -0.2) is 0 Å². The molecule has 0 amide bonds. The Morgan fingerprint density at radius 3 is 2.79 bits per heavy atom. The summed E-state index contributed by atoms with van der Waals surface area (Å²) in [6, 6.07) is 8.27. The van der Waals surface area contributed by atoms with E-state index in [0.29, 0.717) is 11.8 Å². The number of fused-ring (bicyclic) bond motifs is 4. The highest BCUT2D eigenvalue weighted by atomic mass is 16.3. The molecule has 0 aromatic carbocycles. The van der Waals surface area contributed by atoms with Gasteiger partial charge in [-0.1, -0.05) is 11.6 Å². The van der Waals surface area contributed by atoms with Crippen molar-refractivity contribution in [3.63, 3.8) is 0 Å². The zero-order valence-electron chi connectivity index (χ0n) is 17.3. The molecule has 154 valence electrons. The molecule has 2 bridgehead atoms. The van der Waals surface area contributed by atoms with Gasteiger partial charge in [-0.05, 0) is 69.5 Å². The summed E-state index contributed by atoms with van der Waals surface area (Å²) in [6.45, 7) is 9.19. The summed E-state index contributed by atoms with van der Waals surface area (Å²) in [5.41, 5.74) is 3.79. The van der Waals surface area contributed by atoms with E-state index < -0.39 is 0 Å². The van der Waals surface area contributed by atoms with Gasteiger partial charge < -0.3 is 8.98 Å². The van der Waals surface area contributed by atoms with Crippen LogP contribution >= 0.6 is 0 Å². The van der Waals surface area contributed by atoms with Gasteiger partial charge in [0.2, 0.25) is 0 Å². The van der Waals surface area contributed by atoms with E-state index in [1.807, 2.05) is 12.1 Å². The van der Waals surface area contributed by atoms with E-state index in [0.717, 1.165) is 57.1 Å². The van der Waals surface area contributed by atoms with Crippen molar-refractivity contribution in [2.75, 3.05) is 32.7 Å². The maximum absolute atomic E-state index is 13.2. The zero-order chi connectivity index (χ0) is 19.8. The lowest BCUT2D eigenvalue weighted by atomic mass is 9.82. The third kappa shape index (κ3) is 3.99. The van der Waals surface area contributed by atoms with E-state index >= 15 is 0 Å². The second-order valence-electron chi connectivity index (χ2n) is 9.18. The first-order valence-corrected chi connectivity index (χ1v) is 11.0. The lowest BCUT2D eigenvalue weighted by molar-refractivity contribution is 0.129. The highest BCUT2D eigenvalue weighted by Gasteiger charge is 2.35. The summed E-state index contributed by atoms with van der Waals surface area (Å²) in [6.07, 6.45) is 7.59. The molecule has 0 saturated carbocycles. The number of hydrogen-bond donors (Lipinski definition) is 0. The molecule has 5 rings (SSSR count). The van der Waals surface area contributed by atoms with Crippen LogP contribution in [0.4, 0.5) is 0 Å². The lowest BCUT2D eigenvalue weighted by Gasteiger charge is -2.43. The standard InChI is InChI=1S/C24H31N3O2/c1-18(11-22-5-4-10-29-22)13-26-14-19-12-21(17-26)23-7-6-20(24(28)27(23)15-19)16-25-8-2-3-9-25/h4-7,10-11,19,21H,2-3,8-9,12-17H2,1H3/b18-11+/t19-,21+/m0/s1. The molecule has 5 nitrogen and oxygen atoms in total. The fourth-order valence-electron chi connectivity index (χ4n) is 5.54. The first kappa shape index (κ1) is 18.9. The van der Waals surface area contributed by atoms with E-state index in [-0.39, 0.29) is 5.56 Å². The number of nitrogens with zero attached hydrogens (tertiary/aromatic N) is 3. The van der Waals surface area contributed by atoms with Gasteiger partial charge in [-0.15, -0.1) is 0 Å². The van der Waals surface area contributed by atoms with Crippen LogP contribution in [0.15, 0.2) is 45.3 Å². The summed E-state index contributed by atoms with van der Waals surface area (Å²) < 4.78 is 7.55. The molecule has 3 aliphatic rings. The van der Waals surface area contributed by atoms with Crippen LogP contribution in [-0.2, 0) is 13.1 Å². The first-order chi connectivity index (χ1) is 14.2. The molecule has 5 heterocycles. The monoisotopic (exact) mass is 393 g/mol. The van der Waals surface area contributed by atoms with E-state index in [1.165, 1.54) is 30.5 Å². The van der Waals surface area contributed by atoms with Crippen LogP contribution in [-0.4, -0.2) is 47.1 Å². The molecule has 2 atom stereocenters. The Kier molecular flexibility index (Phi) is 5.18. The Morgan fingerprint density at radius 1 is 1.14 bits per heavy atom. The molecule has 0 N–H and O–H groups in total. The number of likely N-dealkylation sites (tertiary alicyclic amines) is 2. The number of furan rings is 1. The van der Waals surface area contributed by atoms with Gasteiger partial charge in [0.15, 0.2) is 0 Å². The Labute approximate surface area is 172 Å². The SMILES string of the molecule is C/C(=C\c1ccco1)CN1C[C@@H]2C[C@H](C1)c1ccc(CN3CCCC3)c(=O)n1C2. The van der Waals surface area contributed by atoms with Crippen LogP contribution in [0, 0.1) is 5.92 Å². The van der Waals surface area contributed by atoms with Crippen molar-refractivity contribution in [2.24, 2.45) is 5.92 Å². The maximum atomic E-state index is 13.2. The van der Waals surface area contributed by atoms with Crippen molar-refractivity contribution in [3.8, 4) is 0 Å². The number of rotatable bonds is 5. The van der Waals surface area contributed by atoms with Crippen LogP contribution in [0.5, 0.6) is 0 Å². The molecule has 0 spiro atoms.